The molecule has 1 aliphatic rings. The highest BCUT2D eigenvalue weighted by atomic mass is 32.2. The van der Waals surface area contributed by atoms with Crippen LogP contribution in [0.3, 0.4) is 0 Å². The second kappa shape index (κ2) is 7.74. The molecule has 0 radical (unpaired) electrons. The first-order chi connectivity index (χ1) is 8.56. The highest BCUT2D eigenvalue weighted by molar-refractivity contribution is 7.92. The average molecular weight is 277 g/mol. The van der Waals surface area contributed by atoms with E-state index in [0.717, 1.165) is 12.8 Å². The summed E-state index contributed by atoms with van der Waals surface area (Å²) >= 11 is 0. The number of hydrogen-bond donors (Lipinski definition) is 1. The summed E-state index contributed by atoms with van der Waals surface area (Å²) in [6.45, 7) is 1.11. The zero-order chi connectivity index (χ0) is 13.4. The van der Waals surface area contributed by atoms with Gasteiger partial charge in [-0.25, -0.2) is 8.42 Å². The number of carbonyl (C=O) groups is 1. The minimum atomic E-state index is -2.97. The van der Waals surface area contributed by atoms with E-state index in [1.54, 1.807) is 7.05 Å². The van der Waals surface area contributed by atoms with Gasteiger partial charge in [-0.15, -0.1) is 0 Å². The number of rotatable bonds is 7. The third kappa shape index (κ3) is 5.35. The van der Waals surface area contributed by atoms with Crippen molar-refractivity contribution < 1.29 is 17.9 Å². The molecule has 0 unspecified atom stereocenters. The van der Waals surface area contributed by atoms with Crippen molar-refractivity contribution in [3.63, 3.8) is 0 Å². The van der Waals surface area contributed by atoms with Crippen LogP contribution in [0.1, 0.15) is 38.5 Å². The summed E-state index contributed by atoms with van der Waals surface area (Å²) in [5.41, 5.74) is 0. The molecule has 0 saturated carbocycles. The summed E-state index contributed by atoms with van der Waals surface area (Å²) < 4.78 is 29.2. The van der Waals surface area contributed by atoms with Crippen LogP contribution >= 0.6 is 0 Å². The van der Waals surface area contributed by atoms with Crippen LogP contribution in [-0.4, -0.2) is 45.6 Å². The second-order valence-electron chi connectivity index (χ2n) is 4.66. The molecule has 0 atom stereocenters. The fourth-order valence-electron chi connectivity index (χ4n) is 2.09. The van der Waals surface area contributed by atoms with Crippen molar-refractivity contribution in [2.45, 2.75) is 43.8 Å². The molecule has 1 heterocycles. The fraction of sp³-hybridized carbons (Fsp3) is 0.917. The molecule has 1 N–H and O–H groups in total. The topological polar surface area (TPSA) is 72.5 Å². The summed E-state index contributed by atoms with van der Waals surface area (Å²) in [7, 11) is -1.36. The minimum Gasteiger partial charge on any atom is -0.381 e. The smallest absolute Gasteiger partial charge is 0.219 e. The molecular formula is C12H23NO4S. The number of carbonyl (C=O) groups excluding carboxylic acids is 1. The van der Waals surface area contributed by atoms with Crippen LogP contribution in [0.4, 0.5) is 0 Å². The SMILES string of the molecule is CNC(=O)CCCCCS(=O)(=O)C1CCOCC1. The van der Waals surface area contributed by atoms with Gasteiger partial charge in [0.05, 0.1) is 11.0 Å². The number of sulfone groups is 1. The van der Waals surface area contributed by atoms with Gasteiger partial charge in [0.2, 0.25) is 5.91 Å². The van der Waals surface area contributed by atoms with E-state index in [1.165, 1.54) is 0 Å². The maximum atomic E-state index is 12.0. The van der Waals surface area contributed by atoms with Crippen LogP contribution in [0.25, 0.3) is 0 Å². The lowest BCUT2D eigenvalue weighted by molar-refractivity contribution is -0.120. The number of ether oxygens (including phenoxy) is 1. The van der Waals surface area contributed by atoms with E-state index in [9.17, 15) is 13.2 Å². The Balaban J connectivity index is 2.19. The molecule has 6 heteroatoms. The lowest BCUT2D eigenvalue weighted by Gasteiger charge is -2.22. The van der Waals surface area contributed by atoms with Crippen LogP contribution in [0.2, 0.25) is 0 Å². The largest absolute Gasteiger partial charge is 0.381 e. The second-order valence-corrected chi connectivity index (χ2v) is 7.06. The number of hydrogen-bond acceptors (Lipinski definition) is 4. The molecule has 1 fully saturated rings. The van der Waals surface area contributed by atoms with Gasteiger partial charge in [0.15, 0.2) is 9.84 Å². The molecule has 1 rings (SSSR count). The molecule has 0 aliphatic carbocycles. The first-order valence-electron chi connectivity index (χ1n) is 6.56. The Morgan fingerprint density at radius 2 is 1.89 bits per heavy atom. The van der Waals surface area contributed by atoms with Gasteiger partial charge in [-0.05, 0) is 25.7 Å². The van der Waals surface area contributed by atoms with Crippen molar-refractivity contribution in [3.05, 3.63) is 0 Å². The summed E-state index contributed by atoms with van der Waals surface area (Å²) in [5.74, 6) is 0.257. The lowest BCUT2D eigenvalue weighted by atomic mass is 10.2. The first-order valence-corrected chi connectivity index (χ1v) is 8.27. The van der Waals surface area contributed by atoms with E-state index >= 15 is 0 Å². The van der Waals surface area contributed by atoms with Gasteiger partial charge < -0.3 is 10.1 Å². The van der Waals surface area contributed by atoms with Gasteiger partial charge in [0.25, 0.3) is 0 Å². The molecule has 0 bridgehead atoms. The van der Waals surface area contributed by atoms with E-state index in [0.29, 0.717) is 38.9 Å². The van der Waals surface area contributed by atoms with Crippen molar-refractivity contribution in [3.8, 4) is 0 Å². The fourth-order valence-corrected chi connectivity index (χ4v) is 3.94. The van der Waals surface area contributed by atoms with Gasteiger partial charge in [0, 0.05) is 26.7 Å². The molecule has 5 nitrogen and oxygen atoms in total. The first kappa shape index (κ1) is 15.4. The van der Waals surface area contributed by atoms with Crippen molar-refractivity contribution in [1.82, 2.24) is 5.32 Å². The van der Waals surface area contributed by atoms with Gasteiger partial charge >= 0.3 is 0 Å². The molecule has 1 saturated heterocycles. The van der Waals surface area contributed by atoms with E-state index in [-0.39, 0.29) is 16.9 Å². The van der Waals surface area contributed by atoms with Gasteiger partial charge in [0.1, 0.15) is 0 Å². The lowest BCUT2D eigenvalue weighted by Crippen LogP contribution is -2.30. The molecular weight excluding hydrogens is 254 g/mol. The van der Waals surface area contributed by atoms with Crippen molar-refractivity contribution >= 4 is 15.7 Å². The van der Waals surface area contributed by atoms with E-state index in [2.05, 4.69) is 5.32 Å². The Morgan fingerprint density at radius 1 is 1.22 bits per heavy atom. The predicted octanol–water partition coefficient (Wildman–Crippen LogP) is 0.887. The van der Waals surface area contributed by atoms with Crippen LogP contribution in [-0.2, 0) is 19.4 Å². The predicted molar refractivity (Wildman–Crippen MR) is 70.2 cm³/mol. The van der Waals surface area contributed by atoms with Gasteiger partial charge in [-0.3, -0.25) is 4.79 Å². The zero-order valence-corrected chi connectivity index (χ0v) is 11.8. The Labute approximate surface area is 109 Å². The standard InChI is InChI=1S/C12H23NO4S/c1-13-12(14)5-3-2-4-10-18(15,16)11-6-8-17-9-7-11/h11H,2-10H2,1H3,(H,13,14). The monoisotopic (exact) mass is 277 g/mol. The van der Waals surface area contributed by atoms with Crippen molar-refractivity contribution in [2.75, 3.05) is 26.0 Å². The van der Waals surface area contributed by atoms with Crippen molar-refractivity contribution in [1.29, 1.82) is 0 Å². The van der Waals surface area contributed by atoms with Crippen LogP contribution in [0.15, 0.2) is 0 Å². The van der Waals surface area contributed by atoms with E-state index in [1.807, 2.05) is 0 Å². The molecule has 106 valence electrons. The summed E-state index contributed by atoms with van der Waals surface area (Å²) in [4.78, 5) is 11.0. The van der Waals surface area contributed by atoms with Crippen molar-refractivity contribution in [2.24, 2.45) is 0 Å². The van der Waals surface area contributed by atoms with Gasteiger partial charge in [-0.1, -0.05) is 6.42 Å². The average Bonchev–Trinajstić information content (AvgIpc) is 2.39. The maximum absolute atomic E-state index is 12.0. The molecule has 1 aliphatic heterocycles. The Bertz CT molecular complexity index is 347. The molecule has 1 amide bonds. The quantitative estimate of drug-likeness (QED) is 0.701. The molecule has 0 aromatic carbocycles. The Kier molecular flexibility index (Phi) is 6.63. The molecule has 0 spiro atoms. The van der Waals surface area contributed by atoms with Crippen LogP contribution < -0.4 is 5.32 Å². The third-order valence-corrected chi connectivity index (χ3v) is 5.63. The number of amides is 1. The summed E-state index contributed by atoms with van der Waals surface area (Å²) in [6.07, 6.45) is 3.92. The van der Waals surface area contributed by atoms with Gasteiger partial charge in [-0.2, -0.15) is 0 Å². The summed E-state index contributed by atoms with van der Waals surface area (Å²) in [5, 5.41) is 2.34. The minimum absolute atomic E-state index is 0.0160. The third-order valence-electron chi connectivity index (χ3n) is 3.29. The zero-order valence-electron chi connectivity index (χ0n) is 11.0. The molecule has 0 aromatic heterocycles. The normalized spacial score (nSPS) is 17.6. The van der Waals surface area contributed by atoms with Crippen LogP contribution in [0, 0.1) is 0 Å². The number of unbranched alkanes of at least 4 members (excludes halogenated alkanes) is 2. The number of nitrogens with one attached hydrogen (secondary N) is 1. The molecule has 0 aromatic rings. The van der Waals surface area contributed by atoms with Crippen LogP contribution in [0.5, 0.6) is 0 Å². The van der Waals surface area contributed by atoms with E-state index < -0.39 is 9.84 Å². The molecule has 18 heavy (non-hydrogen) atoms. The Morgan fingerprint density at radius 3 is 2.50 bits per heavy atom. The highest BCUT2D eigenvalue weighted by Gasteiger charge is 2.26. The van der Waals surface area contributed by atoms with E-state index in [4.69, 9.17) is 4.74 Å². The summed E-state index contributed by atoms with van der Waals surface area (Å²) in [6, 6.07) is 0. The Hall–Kier alpha value is -0.620. The maximum Gasteiger partial charge on any atom is 0.219 e. The highest BCUT2D eigenvalue weighted by Crippen LogP contribution is 2.18.